The lowest BCUT2D eigenvalue weighted by atomic mass is 10.3. The molecule has 6 heteroatoms. The first kappa shape index (κ1) is 17.4. The van der Waals surface area contributed by atoms with Gasteiger partial charge in [0.2, 0.25) is 0 Å². The highest BCUT2D eigenvalue weighted by Crippen LogP contribution is 2.27. The van der Waals surface area contributed by atoms with E-state index in [1.165, 1.54) is 11.3 Å². The summed E-state index contributed by atoms with van der Waals surface area (Å²) in [6.07, 6.45) is 1.88. The van der Waals surface area contributed by atoms with Crippen LogP contribution < -0.4 is 5.32 Å². The fourth-order valence-corrected chi connectivity index (χ4v) is 2.54. The van der Waals surface area contributed by atoms with Crippen molar-refractivity contribution in [1.29, 1.82) is 0 Å². The molecular weight excluding hydrogens is 290 g/mol. The van der Waals surface area contributed by atoms with Crippen LogP contribution in [0.5, 0.6) is 0 Å². The van der Waals surface area contributed by atoms with Gasteiger partial charge in [-0.2, -0.15) is 0 Å². The molecule has 1 unspecified atom stereocenters. The molecule has 0 fully saturated rings. The summed E-state index contributed by atoms with van der Waals surface area (Å²) in [5, 5.41) is 3.36. The molecule has 0 aliphatic heterocycles. The van der Waals surface area contributed by atoms with Gasteiger partial charge in [-0.15, -0.1) is 17.9 Å². The van der Waals surface area contributed by atoms with Crippen molar-refractivity contribution >= 4 is 28.2 Å². The molecule has 1 rings (SSSR count). The van der Waals surface area contributed by atoms with E-state index in [-0.39, 0.29) is 11.9 Å². The van der Waals surface area contributed by atoms with Crippen LogP contribution in [0.15, 0.2) is 18.7 Å². The summed E-state index contributed by atoms with van der Waals surface area (Å²) in [6.45, 7) is 9.62. The van der Waals surface area contributed by atoms with Crippen LogP contribution in [0.2, 0.25) is 0 Å². The third kappa shape index (κ3) is 5.32. The molecule has 0 bridgehead atoms. The largest absolute Gasteiger partial charge is 0.462 e. The van der Waals surface area contributed by atoms with Gasteiger partial charge in [-0.3, -0.25) is 4.79 Å². The summed E-state index contributed by atoms with van der Waals surface area (Å²) in [5.74, 6) is -0.605. The van der Waals surface area contributed by atoms with Crippen molar-refractivity contribution in [3.63, 3.8) is 0 Å². The van der Waals surface area contributed by atoms with Gasteiger partial charge in [-0.05, 0) is 38.8 Å². The van der Waals surface area contributed by atoms with E-state index in [0.29, 0.717) is 29.5 Å². The van der Waals surface area contributed by atoms with Crippen LogP contribution in [0.25, 0.3) is 0 Å². The van der Waals surface area contributed by atoms with Crippen molar-refractivity contribution in [2.45, 2.75) is 33.3 Å². The Labute approximate surface area is 128 Å². The quantitative estimate of drug-likeness (QED) is 0.455. The van der Waals surface area contributed by atoms with Gasteiger partial charge in [0.05, 0.1) is 18.2 Å². The topological polar surface area (TPSA) is 64.6 Å². The van der Waals surface area contributed by atoms with Crippen LogP contribution in [0.1, 0.15) is 35.5 Å². The molecule has 0 spiro atoms. The molecule has 1 N–H and O–H groups in total. The monoisotopic (exact) mass is 311 g/mol. The van der Waals surface area contributed by atoms with Crippen LogP contribution in [0.4, 0.5) is 5.00 Å². The van der Waals surface area contributed by atoms with E-state index in [1.807, 2.05) is 6.92 Å². The van der Waals surface area contributed by atoms with Crippen LogP contribution in [0.3, 0.4) is 0 Å². The molecule has 116 valence electrons. The van der Waals surface area contributed by atoms with Crippen LogP contribution in [0, 0.1) is 6.92 Å². The molecule has 0 saturated heterocycles. The summed E-state index contributed by atoms with van der Waals surface area (Å²) >= 11 is 1.20. The van der Waals surface area contributed by atoms with Gasteiger partial charge in [-0.1, -0.05) is 6.08 Å². The number of hydrogen-bond donors (Lipinski definition) is 1. The lowest BCUT2D eigenvalue weighted by molar-refractivity contribution is -0.126. The zero-order chi connectivity index (χ0) is 15.8. The summed E-state index contributed by atoms with van der Waals surface area (Å²) in [5.41, 5.74) is 0.786. The van der Waals surface area contributed by atoms with Gasteiger partial charge in [0, 0.05) is 0 Å². The second-order valence-electron chi connectivity index (χ2n) is 4.42. The molecule has 0 radical (unpaired) electrons. The average molecular weight is 311 g/mol. The van der Waals surface area contributed by atoms with E-state index in [0.717, 1.165) is 5.56 Å². The van der Waals surface area contributed by atoms with Gasteiger partial charge in [0.1, 0.15) is 11.0 Å². The highest BCUT2D eigenvalue weighted by atomic mass is 32.1. The molecule has 0 saturated carbocycles. The number of carbonyl (C=O) groups excluding carboxylic acids is 2. The van der Waals surface area contributed by atoms with Gasteiger partial charge in [0.25, 0.3) is 5.91 Å². The maximum atomic E-state index is 12.0. The maximum absolute atomic E-state index is 12.0. The number of amides is 1. The highest BCUT2D eigenvalue weighted by Gasteiger charge is 2.18. The van der Waals surface area contributed by atoms with E-state index in [9.17, 15) is 9.59 Å². The first-order valence-corrected chi connectivity index (χ1v) is 7.62. The molecule has 1 aromatic heterocycles. The lowest BCUT2D eigenvalue weighted by Gasteiger charge is -2.11. The number of nitrogens with one attached hydrogen (secondary N) is 1. The standard InChI is InChI=1S/C15H21NO4S/c1-5-7-8-20-11(4)14(17)16-12-9-10(3)13(21-12)15(18)19-6-2/h5,9,11H,1,6-8H2,2-4H3,(H,16,17). The molecule has 21 heavy (non-hydrogen) atoms. The third-order valence-corrected chi connectivity index (χ3v) is 3.82. The van der Waals surface area contributed by atoms with Gasteiger partial charge in [0.15, 0.2) is 0 Å². The van der Waals surface area contributed by atoms with E-state index >= 15 is 0 Å². The summed E-state index contributed by atoms with van der Waals surface area (Å²) < 4.78 is 10.3. The van der Waals surface area contributed by atoms with Crippen molar-refractivity contribution in [3.05, 3.63) is 29.2 Å². The minimum Gasteiger partial charge on any atom is -0.462 e. The Bertz CT molecular complexity index is 510. The number of ether oxygens (including phenoxy) is 2. The molecule has 5 nitrogen and oxygen atoms in total. The summed E-state index contributed by atoms with van der Waals surface area (Å²) in [7, 11) is 0. The minimum absolute atomic E-state index is 0.240. The normalized spacial score (nSPS) is 11.8. The Morgan fingerprint density at radius 1 is 1.52 bits per heavy atom. The third-order valence-electron chi connectivity index (χ3n) is 2.68. The zero-order valence-electron chi connectivity index (χ0n) is 12.6. The van der Waals surface area contributed by atoms with Crippen LogP contribution in [-0.2, 0) is 14.3 Å². The Morgan fingerprint density at radius 2 is 2.24 bits per heavy atom. The molecule has 0 aliphatic rings. The number of hydrogen-bond acceptors (Lipinski definition) is 5. The number of anilines is 1. The zero-order valence-corrected chi connectivity index (χ0v) is 13.4. The fourth-order valence-electron chi connectivity index (χ4n) is 1.57. The highest BCUT2D eigenvalue weighted by molar-refractivity contribution is 7.18. The Kier molecular flexibility index (Phi) is 7.11. The Morgan fingerprint density at radius 3 is 2.86 bits per heavy atom. The predicted octanol–water partition coefficient (Wildman–Crippen LogP) is 3.15. The second kappa shape index (κ2) is 8.59. The van der Waals surface area contributed by atoms with E-state index < -0.39 is 6.10 Å². The van der Waals surface area contributed by atoms with Crippen LogP contribution >= 0.6 is 11.3 Å². The number of esters is 1. The van der Waals surface area contributed by atoms with Crippen molar-refractivity contribution in [3.8, 4) is 0 Å². The molecule has 0 aliphatic carbocycles. The van der Waals surface area contributed by atoms with E-state index in [4.69, 9.17) is 9.47 Å². The van der Waals surface area contributed by atoms with Gasteiger partial charge in [-0.25, -0.2) is 4.79 Å². The minimum atomic E-state index is -0.557. The van der Waals surface area contributed by atoms with Gasteiger partial charge >= 0.3 is 5.97 Å². The number of carbonyl (C=O) groups is 2. The maximum Gasteiger partial charge on any atom is 0.348 e. The summed E-state index contributed by atoms with van der Waals surface area (Å²) in [4.78, 5) is 24.2. The smallest absolute Gasteiger partial charge is 0.348 e. The molecule has 1 aromatic rings. The molecule has 0 aromatic carbocycles. The molecule has 1 atom stereocenters. The van der Waals surface area contributed by atoms with E-state index in [2.05, 4.69) is 11.9 Å². The van der Waals surface area contributed by atoms with Crippen molar-refractivity contribution in [2.75, 3.05) is 18.5 Å². The Hall–Kier alpha value is -1.66. The second-order valence-corrected chi connectivity index (χ2v) is 5.48. The summed E-state index contributed by atoms with van der Waals surface area (Å²) in [6, 6.07) is 1.76. The fraction of sp³-hybridized carbons (Fsp3) is 0.467. The molecule has 1 heterocycles. The first-order valence-electron chi connectivity index (χ1n) is 6.80. The number of aryl methyl sites for hydroxylation is 1. The van der Waals surface area contributed by atoms with Crippen molar-refractivity contribution < 1.29 is 19.1 Å². The van der Waals surface area contributed by atoms with Crippen molar-refractivity contribution in [1.82, 2.24) is 0 Å². The lowest BCUT2D eigenvalue weighted by Crippen LogP contribution is -2.27. The number of thiophene rings is 1. The SMILES string of the molecule is C=CCCOC(C)C(=O)Nc1cc(C)c(C(=O)OCC)s1. The first-order chi connectivity index (χ1) is 9.99. The molecule has 1 amide bonds. The van der Waals surface area contributed by atoms with Crippen LogP contribution in [-0.4, -0.2) is 31.2 Å². The number of rotatable bonds is 8. The molecular formula is C15H21NO4S. The van der Waals surface area contributed by atoms with E-state index in [1.54, 1.807) is 26.0 Å². The van der Waals surface area contributed by atoms with Crippen molar-refractivity contribution in [2.24, 2.45) is 0 Å². The Balaban J connectivity index is 2.62. The van der Waals surface area contributed by atoms with Gasteiger partial charge < -0.3 is 14.8 Å². The predicted molar refractivity (Wildman–Crippen MR) is 83.9 cm³/mol. The average Bonchev–Trinajstić information content (AvgIpc) is 2.80.